The summed E-state index contributed by atoms with van der Waals surface area (Å²) >= 11 is 0. The predicted octanol–water partition coefficient (Wildman–Crippen LogP) is -0.329. The highest BCUT2D eigenvalue weighted by atomic mass is 16.5. The molecule has 2 atom stereocenters. The normalized spacial score (nSPS) is 13.6. The van der Waals surface area contributed by atoms with Gasteiger partial charge in [-0.1, -0.05) is 18.2 Å². The van der Waals surface area contributed by atoms with Gasteiger partial charge in [0.2, 0.25) is 0 Å². The van der Waals surface area contributed by atoms with Crippen molar-refractivity contribution in [2.24, 2.45) is 0 Å². The van der Waals surface area contributed by atoms with Crippen molar-refractivity contribution in [3.8, 4) is 0 Å². The van der Waals surface area contributed by atoms with Gasteiger partial charge in [0, 0.05) is 5.56 Å². The number of carbonyl (C=O) groups is 2. The predicted molar refractivity (Wildman–Crippen MR) is 59.3 cm³/mol. The lowest BCUT2D eigenvalue weighted by Crippen LogP contribution is -2.51. The fraction of sp³-hybridized carbons (Fsp3) is 0.273. The monoisotopic (exact) mass is 238 g/mol. The third kappa shape index (κ3) is 3.54. The van der Waals surface area contributed by atoms with Crippen LogP contribution in [0.5, 0.6) is 0 Å². The van der Waals surface area contributed by atoms with Gasteiger partial charge in [0.25, 0.3) is 11.8 Å². The molecule has 0 fully saturated rings. The van der Waals surface area contributed by atoms with Crippen LogP contribution in [-0.2, 0) is 4.79 Å². The minimum Gasteiger partial charge on any atom is -0.391 e. The van der Waals surface area contributed by atoms with Gasteiger partial charge in [-0.3, -0.25) is 14.8 Å². The number of aliphatic hydroxyl groups is 1. The molecule has 17 heavy (non-hydrogen) atoms. The lowest BCUT2D eigenvalue weighted by molar-refractivity contribution is -0.133. The number of benzene rings is 1. The Hall–Kier alpha value is -1.92. The van der Waals surface area contributed by atoms with E-state index in [1.807, 2.05) is 0 Å². The molecule has 1 rings (SSSR count). The average Bonchev–Trinajstić information content (AvgIpc) is 2.35. The van der Waals surface area contributed by atoms with E-state index in [9.17, 15) is 14.7 Å². The first-order valence-corrected chi connectivity index (χ1v) is 5.04. The Labute approximate surface area is 98.2 Å². The maximum atomic E-state index is 11.7. The first kappa shape index (κ1) is 13.1. The zero-order chi connectivity index (χ0) is 12.8. The highest BCUT2D eigenvalue weighted by molar-refractivity contribution is 5.97. The van der Waals surface area contributed by atoms with Crippen molar-refractivity contribution < 1.29 is 19.9 Å². The van der Waals surface area contributed by atoms with E-state index in [0.717, 1.165) is 0 Å². The molecule has 0 aliphatic rings. The van der Waals surface area contributed by atoms with Crippen molar-refractivity contribution in [3.05, 3.63) is 35.9 Å². The lowest BCUT2D eigenvalue weighted by Gasteiger charge is -2.19. The molecule has 0 spiro atoms. The van der Waals surface area contributed by atoms with Crippen molar-refractivity contribution in [2.75, 3.05) is 0 Å². The van der Waals surface area contributed by atoms with E-state index in [4.69, 9.17) is 5.21 Å². The maximum Gasteiger partial charge on any atom is 0.268 e. The quantitative estimate of drug-likeness (QED) is 0.426. The Balaban J connectivity index is 2.75. The molecule has 0 radical (unpaired) electrons. The van der Waals surface area contributed by atoms with Gasteiger partial charge in [-0.25, -0.2) is 5.48 Å². The fourth-order valence-corrected chi connectivity index (χ4v) is 1.29. The van der Waals surface area contributed by atoms with Crippen LogP contribution >= 0.6 is 0 Å². The molecule has 0 bridgehead atoms. The highest BCUT2D eigenvalue weighted by Crippen LogP contribution is 2.00. The van der Waals surface area contributed by atoms with E-state index in [2.05, 4.69) is 5.32 Å². The molecule has 6 nitrogen and oxygen atoms in total. The Kier molecular flexibility index (Phi) is 4.62. The van der Waals surface area contributed by atoms with Crippen LogP contribution in [0.3, 0.4) is 0 Å². The zero-order valence-electron chi connectivity index (χ0n) is 9.25. The first-order chi connectivity index (χ1) is 8.06. The number of carbonyl (C=O) groups excluding carboxylic acids is 2. The molecule has 0 heterocycles. The SMILES string of the molecule is C[C@H](O)[C@@H](NC(=O)c1ccccc1)C(=O)NO. The summed E-state index contributed by atoms with van der Waals surface area (Å²) in [7, 11) is 0. The molecule has 6 heteroatoms. The van der Waals surface area contributed by atoms with Crippen LogP contribution in [0.1, 0.15) is 17.3 Å². The van der Waals surface area contributed by atoms with Gasteiger partial charge >= 0.3 is 0 Å². The Morgan fingerprint density at radius 2 is 1.82 bits per heavy atom. The van der Waals surface area contributed by atoms with E-state index in [1.54, 1.807) is 30.3 Å². The van der Waals surface area contributed by atoms with Crippen LogP contribution in [0, 0.1) is 0 Å². The molecule has 0 aliphatic heterocycles. The van der Waals surface area contributed by atoms with Crippen molar-refractivity contribution in [1.82, 2.24) is 10.8 Å². The molecule has 2 amide bonds. The molecule has 4 N–H and O–H groups in total. The Morgan fingerprint density at radius 3 is 2.29 bits per heavy atom. The van der Waals surface area contributed by atoms with Crippen molar-refractivity contribution in [3.63, 3.8) is 0 Å². The van der Waals surface area contributed by atoms with Crippen LogP contribution in [0.15, 0.2) is 30.3 Å². The van der Waals surface area contributed by atoms with E-state index in [1.165, 1.54) is 12.4 Å². The van der Waals surface area contributed by atoms with Gasteiger partial charge < -0.3 is 10.4 Å². The number of hydrogen-bond donors (Lipinski definition) is 4. The van der Waals surface area contributed by atoms with E-state index < -0.39 is 24.0 Å². The molecule has 0 saturated carbocycles. The number of hydrogen-bond acceptors (Lipinski definition) is 4. The third-order valence-corrected chi connectivity index (χ3v) is 2.20. The topological polar surface area (TPSA) is 98.7 Å². The van der Waals surface area contributed by atoms with Gasteiger partial charge in [0.1, 0.15) is 6.04 Å². The second-order valence-electron chi connectivity index (χ2n) is 3.53. The van der Waals surface area contributed by atoms with Gasteiger partial charge in [0.15, 0.2) is 0 Å². The third-order valence-electron chi connectivity index (χ3n) is 2.20. The number of aliphatic hydroxyl groups excluding tert-OH is 1. The molecule has 0 aromatic heterocycles. The second kappa shape index (κ2) is 5.97. The summed E-state index contributed by atoms with van der Waals surface area (Å²) in [6, 6.07) is 7.06. The maximum absolute atomic E-state index is 11.7. The van der Waals surface area contributed by atoms with Crippen molar-refractivity contribution in [1.29, 1.82) is 0 Å². The molecule has 0 unspecified atom stereocenters. The summed E-state index contributed by atoms with van der Waals surface area (Å²) < 4.78 is 0. The minimum absolute atomic E-state index is 0.365. The summed E-state index contributed by atoms with van der Waals surface area (Å²) in [4.78, 5) is 22.9. The summed E-state index contributed by atoms with van der Waals surface area (Å²) in [5, 5.41) is 20.1. The molecule has 92 valence electrons. The van der Waals surface area contributed by atoms with E-state index >= 15 is 0 Å². The van der Waals surface area contributed by atoms with Gasteiger partial charge in [-0.15, -0.1) is 0 Å². The second-order valence-corrected chi connectivity index (χ2v) is 3.53. The number of amides is 2. The van der Waals surface area contributed by atoms with Crippen LogP contribution in [-0.4, -0.2) is 34.3 Å². The average molecular weight is 238 g/mol. The molecule has 0 saturated heterocycles. The van der Waals surface area contributed by atoms with Crippen LogP contribution in [0.4, 0.5) is 0 Å². The Morgan fingerprint density at radius 1 is 1.24 bits per heavy atom. The highest BCUT2D eigenvalue weighted by Gasteiger charge is 2.25. The van der Waals surface area contributed by atoms with Crippen LogP contribution in [0.2, 0.25) is 0 Å². The molecule has 0 aliphatic carbocycles. The van der Waals surface area contributed by atoms with E-state index in [-0.39, 0.29) is 0 Å². The smallest absolute Gasteiger partial charge is 0.268 e. The summed E-state index contributed by atoms with van der Waals surface area (Å²) in [6.45, 7) is 1.34. The Bertz CT molecular complexity index is 392. The summed E-state index contributed by atoms with van der Waals surface area (Å²) in [5.41, 5.74) is 1.75. The summed E-state index contributed by atoms with van der Waals surface area (Å²) in [5.74, 6) is -1.37. The van der Waals surface area contributed by atoms with Crippen LogP contribution < -0.4 is 10.8 Å². The lowest BCUT2D eigenvalue weighted by atomic mass is 10.1. The number of rotatable bonds is 4. The van der Waals surface area contributed by atoms with Crippen LogP contribution in [0.25, 0.3) is 0 Å². The fourth-order valence-electron chi connectivity index (χ4n) is 1.29. The molecule has 1 aromatic carbocycles. The van der Waals surface area contributed by atoms with Gasteiger partial charge in [0.05, 0.1) is 6.10 Å². The molecular formula is C11H14N2O4. The summed E-state index contributed by atoms with van der Waals surface area (Å²) in [6.07, 6.45) is -1.12. The molecule has 1 aromatic rings. The molecular weight excluding hydrogens is 224 g/mol. The standard InChI is InChI=1S/C11H14N2O4/c1-7(14)9(11(16)13-17)12-10(15)8-5-3-2-4-6-8/h2-7,9,14,17H,1H3,(H,12,15)(H,13,16)/t7-,9+/m0/s1. The van der Waals surface area contributed by atoms with E-state index in [0.29, 0.717) is 5.56 Å². The minimum atomic E-state index is -1.20. The van der Waals surface area contributed by atoms with Crippen molar-refractivity contribution >= 4 is 11.8 Å². The van der Waals surface area contributed by atoms with Gasteiger partial charge in [-0.05, 0) is 19.1 Å². The number of hydroxylamine groups is 1. The van der Waals surface area contributed by atoms with Gasteiger partial charge in [-0.2, -0.15) is 0 Å². The largest absolute Gasteiger partial charge is 0.391 e. The zero-order valence-corrected chi connectivity index (χ0v) is 9.25. The number of nitrogens with one attached hydrogen (secondary N) is 2. The first-order valence-electron chi connectivity index (χ1n) is 5.04. The van der Waals surface area contributed by atoms with Crippen molar-refractivity contribution in [2.45, 2.75) is 19.1 Å².